The summed E-state index contributed by atoms with van der Waals surface area (Å²) in [7, 11) is -3.74. The van der Waals surface area contributed by atoms with Gasteiger partial charge in [-0.15, -0.1) is 0 Å². The molecule has 0 radical (unpaired) electrons. The number of halogens is 2. The van der Waals surface area contributed by atoms with Gasteiger partial charge in [-0.2, -0.15) is 8.78 Å². The number of hydrogen-bond donors (Lipinski definition) is 1. The molecule has 0 aliphatic carbocycles. The Labute approximate surface area is 188 Å². The van der Waals surface area contributed by atoms with Gasteiger partial charge in [0.05, 0.1) is 11.5 Å². The van der Waals surface area contributed by atoms with Crippen LogP contribution in [0.25, 0.3) is 11.1 Å². The molecule has 8 nitrogen and oxygen atoms in total. The van der Waals surface area contributed by atoms with Gasteiger partial charge in [-0.05, 0) is 24.6 Å². The first-order chi connectivity index (χ1) is 15.7. The molecule has 3 rings (SSSR count). The number of nitrogens with one attached hydrogen (secondary N) is 1. The second-order valence-electron chi connectivity index (χ2n) is 7.19. The van der Waals surface area contributed by atoms with E-state index in [1.807, 2.05) is 0 Å². The van der Waals surface area contributed by atoms with E-state index in [2.05, 4.69) is 15.0 Å². The molecule has 0 unspecified atom stereocenters. The SMILES string of the molecule is O=C(CCS(=O)(=O)Cc1ccccc1OC(F)F)NCCCC(=O)c1nc2ccccc2o1. The topological polar surface area (TPSA) is 116 Å². The van der Waals surface area contributed by atoms with Crippen molar-refractivity contribution in [1.82, 2.24) is 10.3 Å². The monoisotopic (exact) mass is 480 g/mol. The number of ether oxygens (including phenoxy) is 1. The van der Waals surface area contributed by atoms with Crippen molar-refractivity contribution in [3.05, 3.63) is 60.0 Å². The first-order valence-corrected chi connectivity index (χ1v) is 11.9. The summed E-state index contributed by atoms with van der Waals surface area (Å²) in [4.78, 5) is 28.3. The predicted molar refractivity (Wildman–Crippen MR) is 116 cm³/mol. The molecule has 1 aromatic heterocycles. The highest BCUT2D eigenvalue weighted by molar-refractivity contribution is 7.90. The summed E-state index contributed by atoms with van der Waals surface area (Å²) in [6.45, 7) is -2.90. The van der Waals surface area contributed by atoms with Gasteiger partial charge in [0.2, 0.25) is 11.7 Å². The van der Waals surface area contributed by atoms with Crippen LogP contribution in [-0.4, -0.2) is 44.0 Å². The van der Waals surface area contributed by atoms with Crippen molar-refractivity contribution >= 4 is 32.6 Å². The number of amides is 1. The molecule has 2 aromatic carbocycles. The van der Waals surface area contributed by atoms with Crippen molar-refractivity contribution in [3.63, 3.8) is 0 Å². The number of para-hydroxylation sites is 3. The number of nitrogens with zero attached hydrogens (tertiary/aromatic N) is 1. The maximum Gasteiger partial charge on any atom is 0.387 e. The average molecular weight is 480 g/mol. The lowest BCUT2D eigenvalue weighted by molar-refractivity contribution is -0.120. The lowest BCUT2D eigenvalue weighted by Crippen LogP contribution is -2.27. The fourth-order valence-electron chi connectivity index (χ4n) is 3.05. The van der Waals surface area contributed by atoms with Crippen LogP contribution in [0.15, 0.2) is 52.9 Å². The normalized spacial score (nSPS) is 11.6. The van der Waals surface area contributed by atoms with Gasteiger partial charge < -0.3 is 14.5 Å². The number of hydrogen-bond acceptors (Lipinski definition) is 7. The standard InChI is InChI=1S/C22H22F2N2O6S/c23-22(24)32-18-9-3-1-6-15(18)14-33(29,30)13-11-20(28)25-12-5-8-17(27)21-26-16-7-2-4-10-19(16)31-21/h1-4,6-7,9-10,22H,5,8,11-14H2,(H,25,28). The van der Waals surface area contributed by atoms with Crippen molar-refractivity contribution in [2.75, 3.05) is 12.3 Å². The molecule has 176 valence electrons. The summed E-state index contributed by atoms with van der Waals surface area (Å²) in [5.41, 5.74) is 1.19. The number of carbonyl (C=O) groups excluding carboxylic acids is 2. The minimum absolute atomic E-state index is 0.00437. The highest BCUT2D eigenvalue weighted by Gasteiger charge is 2.19. The summed E-state index contributed by atoms with van der Waals surface area (Å²) in [5.74, 6) is -1.99. The van der Waals surface area contributed by atoms with Gasteiger partial charge in [0.15, 0.2) is 15.4 Å². The number of Topliss-reactive ketones (excluding diaryl/α,β-unsaturated/α-hetero) is 1. The van der Waals surface area contributed by atoms with Gasteiger partial charge in [0.1, 0.15) is 11.3 Å². The molecule has 0 aliphatic rings. The van der Waals surface area contributed by atoms with Gasteiger partial charge in [0.25, 0.3) is 5.89 Å². The third-order valence-electron chi connectivity index (χ3n) is 4.64. The summed E-state index contributed by atoms with van der Waals surface area (Å²) >= 11 is 0. The number of benzene rings is 2. The fraction of sp³-hybridized carbons (Fsp3) is 0.318. The average Bonchev–Trinajstić information content (AvgIpc) is 3.21. The van der Waals surface area contributed by atoms with Gasteiger partial charge in [-0.25, -0.2) is 13.4 Å². The number of rotatable bonds is 12. The Hall–Kier alpha value is -3.34. The summed E-state index contributed by atoms with van der Waals surface area (Å²) < 4.78 is 59.3. The number of aromatic nitrogens is 1. The zero-order valence-corrected chi connectivity index (χ0v) is 18.3. The molecule has 0 aliphatic heterocycles. The Morgan fingerprint density at radius 3 is 2.55 bits per heavy atom. The maximum absolute atomic E-state index is 12.5. The maximum atomic E-state index is 12.5. The number of alkyl halides is 2. The van der Waals surface area contributed by atoms with Crippen LogP contribution in [0.4, 0.5) is 8.78 Å². The Morgan fingerprint density at radius 1 is 1.06 bits per heavy atom. The van der Waals surface area contributed by atoms with Crippen LogP contribution in [0, 0.1) is 0 Å². The zero-order chi connectivity index (χ0) is 23.8. The number of fused-ring (bicyclic) bond motifs is 1. The molecule has 0 atom stereocenters. The summed E-state index contributed by atoms with van der Waals surface area (Å²) in [6.07, 6.45) is 0.139. The Bertz CT molecular complexity index is 1190. The van der Waals surface area contributed by atoms with Crippen LogP contribution < -0.4 is 10.1 Å². The van der Waals surface area contributed by atoms with Crippen molar-refractivity contribution in [2.45, 2.75) is 31.6 Å². The van der Waals surface area contributed by atoms with Gasteiger partial charge >= 0.3 is 6.61 Å². The predicted octanol–water partition coefficient (Wildman–Crippen LogP) is 3.51. The summed E-state index contributed by atoms with van der Waals surface area (Å²) in [5, 5.41) is 2.56. The van der Waals surface area contributed by atoms with Gasteiger partial charge in [-0.3, -0.25) is 9.59 Å². The molecule has 0 saturated carbocycles. The molecule has 0 saturated heterocycles. The number of carbonyl (C=O) groups is 2. The number of oxazole rings is 1. The van der Waals surface area contributed by atoms with Gasteiger partial charge in [0, 0.05) is 24.9 Å². The Morgan fingerprint density at radius 2 is 1.79 bits per heavy atom. The first-order valence-electron chi connectivity index (χ1n) is 10.1. The van der Waals surface area contributed by atoms with E-state index in [9.17, 15) is 26.8 Å². The fourth-order valence-corrected chi connectivity index (χ4v) is 4.41. The van der Waals surface area contributed by atoms with Crippen LogP contribution in [0.1, 0.15) is 35.5 Å². The van der Waals surface area contributed by atoms with E-state index in [0.29, 0.717) is 17.5 Å². The van der Waals surface area contributed by atoms with Crippen molar-refractivity contribution in [2.24, 2.45) is 0 Å². The molecule has 0 fully saturated rings. The van der Waals surface area contributed by atoms with E-state index in [0.717, 1.165) is 0 Å². The molecule has 0 bridgehead atoms. The third-order valence-corrected chi connectivity index (χ3v) is 6.22. The van der Waals surface area contributed by atoms with E-state index in [1.165, 1.54) is 24.3 Å². The lowest BCUT2D eigenvalue weighted by Gasteiger charge is -2.11. The van der Waals surface area contributed by atoms with Crippen LogP contribution in [-0.2, 0) is 20.4 Å². The summed E-state index contributed by atoms with van der Waals surface area (Å²) in [6, 6.07) is 12.6. The van der Waals surface area contributed by atoms with Crippen molar-refractivity contribution < 1.29 is 35.9 Å². The van der Waals surface area contributed by atoms with Gasteiger partial charge in [-0.1, -0.05) is 30.3 Å². The molecule has 1 heterocycles. The van der Waals surface area contributed by atoms with E-state index in [4.69, 9.17) is 4.42 Å². The number of sulfone groups is 1. The Kier molecular flexibility index (Phi) is 8.10. The molecular formula is C22H22F2N2O6S. The van der Waals surface area contributed by atoms with Crippen LogP contribution in [0.5, 0.6) is 5.75 Å². The second kappa shape index (κ2) is 11.0. The van der Waals surface area contributed by atoms with Crippen LogP contribution >= 0.6 is 0 Å². The minimum Gasteiger partial charge on any atom is -0.435 e. The smallest absolute Gasteiger partial charge is 0.387 e. The van der Waals surface area contributed by atoms with Crippen LogP contribution in [0.3, 0.4) is 0 Å². The van der Waals surface area contributed by atoms with Crippen molar-refractivity contribution in [3.8, 4) is 5.75 Å². The quantitative estimate of drug-likeness (QED) is 0.312. The third kappa shape index (κ3) is 7.35. The van der Waals surface area contributed by atoms with E-state index in [-0.39, 0.29) is 42.4 Å². The molecule has 3 aromatic rings. The van der Waals surface area contributed by atoms with E-state index >= 15 is 0 Å². The van der Waals surface area contributed by atoms with Crippen LogP contribution in [0.2, 0.25) is 0 Å². The number of ketones is 1. The molecule has 33 heavy (non-hydrogen) atoms. The van der Waals surface area contributed by atoms with Crippen molar-refractivity contribution in [1.29, 1.82) is 0 Å². The Balaban J connectivity index is 1.40. The zero-order valence-electron chi connectivity index (χ0n) is 17.5. The second-order valence-corrected chi connectivity index (χ2v) is 9.38. The molecular weight excluding hydrogens is 458 g/mol. The van der Waals surface area contributed by atoms with E-state index < -0.39 is 33.9 Å². The molecule has 1 N–H and O–H groups in total. The minimum atomic E-state index is -3.74. The van der Waals surface area contributed by atoms with E-state index in [1.54, 1.807) is 24.3 Å². The highest BCUT2D eigenvalue weighted by Crippen LogP contribution is 2.23. The molecule has 11 heteroatoms. The molecule has 1 amide bonds. The first kappa shape index (κ1) is 24.3. The highest BCUT2D eigenvalue weighted by atomic mass is 32.2. The lowest BCUT2D eigenvalue weighted by atomic mass is 10.2. The molecule has 0 spiro atoms. The largest absolute Gasteiger partial charge is 0.435 e.